The zero-order chi connectivity index (χ0) is 12.4. The summed E-state index contributed by atoms with van der Waals surface area (Å²) in [4.78, 5) is 0. The predicted octanol–water partition coefficient (Wildman–Crippen LogP) is 1.73. The van der Waals surface area contributed by atoms with Gasteiger partial charge in [0.25, 0.3) is 0 Å². The van der Waals surface area contributed by atoms with Gasteiger partial charge >= 0.3 is 0 Å². The van der Waals surface area contributed by atoms with Crippen LogP contribution in [0.4, 0.5) is 0 Å². The maximum absolute atomic E-state index is 5.79. The molecule has 4 heteroatoms. The van der Waals surface area contributed by atoms with Gasteiger partial charge in [-0.25, -0.2) is 0 Å². The topological polar surface area (TPSA) is 39.7 Å². The van der Waals surface area contributed by atoms with Crippen molar-refractivity contribution >= 4 is 0 Å². The second-order valence-corrected chi connectivity index (χ2v) is 5.00. The first-order valence-corrected chi connectivity index (χ1v) is 6.46. The van der Waals surface area contributed by atoms with E-state index in [2.05, 4.69) is 17.4 Å². The van der Waals surface area contributed by atoms with Crippen LogP contribution in [0.25, 0.3) is 0 Å². The Hall–Kier alpha value is -1.26. The summed E-state index contributed by atoms with van der Waals surface area (Å²) < 4.78 is 16.5. The first-order valence-electron chi connectivity index (χ1n) is 6.46. The number of hydrogen-bond donors (Lipinski definition) is 1. The fraction of sp³-hybridized carbons (Fsp3) is 0.571. The van der Waals surface area contributed by atoms with Crippen LogP contribution < -0.4 is 14.8 Å². The van der Waals surface area contributed by atoms with Gasteiger partial charge in [-0.1, -0.05) is 6.07 Å². The largest absolute Gasteiger partial charge is 0.454 e. The second kappa shape index (κ2) is 4.78. The van der Waals surface area contributed by atoms with Crippen molar-refractivity contribution in [2.45, 2.75) is 24.9 Å². The van der Waals surface area contributed by atoms with Crippen molar-refractivity contribution in [3.05, 3.63) is 23.8 Å². The normalized spacial score (nSPS) is 20.9. The van der Waals surface area contributed by atoms with Gasteiger partial charge in [0.2, 0.25) is 6.79 Å². The van der Waals surface area contributed by atoms with Gasteiger partial charge in [0.1, 0.15) is 0 Å². The Morgan fingerprint density at radius 1 is 1.22 bits per heavy atom. The average Bonchev–Trinajstić information content (AvgIpc) is 2.87. The van der Waals surface area contributed by atoms with Gasteiger partial charge in [0, 0.05) is 13.5 Å². The molecule has 0 spiro atoms. The zero-order valence-electron chi connectivity index (χ0n) is 10.7. The number of fused-ring (bicyclic) bond motifs is 1. The molecule has 0 atom stereocenters. The summed E-state index contributed by atoms with van der Waals surface area (Å²) in [5, 5.41) is 3.38. The van der Waals surface area contributed by atoms with Crippen molar-refractivity contribution in [2.75, 3.05) is 27.0 Å². The van der Waals surface area contributed by atoms with Crippen LogP contribution in [0.5, 0.6) is 11.5 Å². The number of piperidine rings is 1. The Kier molecular flexibility index (Phi) is 3.14. The first kappa shape index (κ1) is 11.8. The molecule has 0 saturated carbocycles. The minimum atomic E-state index is -0.0288. The third-order valence-electron chi connectivity index (χ3n) is 3.91. The molecule has 2 heterocycles. The van der Waals surface area contributed by atoms with Crippen molar-refractivity contribution in [3.8, 4) is 11.5 Å². The lowest BCUT2D eigenvalue weighted by molar-refractivity contribution is -0.0333. The Balaban J connectivity index is 1.78. The lowest BCUT2D eigenvalue weighted by Crippen LogP contribution is -2.44. The molecule has 1 N–H and O–H groups in total. The first-order chi connectivity index (χ1) is 8.81. The average molecular weight is 249 g/mol. The third-order valence-corrected chi connectivity index (χ3v) is 3.91. The van der Waals surface area contributed by atoms with Crippen LogP contribution >= 0.6 is 0 Å². The highest BCUT2D eigenvalue weighted by Gasteiger charge is 2.32. The summed E-state index contributed by atoms with van der Waals surface area (Å²) in [7, 11) is 1.82. The maximum atomic E-state index is 5.79. The summed E-state index contributed by atoms with van der Waals surface area (Å²) in [5.74, 6) is 1.70. The molecule has 0 radical (unpaired) electrons. The molecule has 18 heavy (non-hydrogen) atoms. The van der Waals surface area contributed by atoms with Gasteiger partial charge in [-0.15, -0.1) is 0 Å². The van der Waals surface area contributed by atoms with Crippen LogP contribution in [0.15, 0.2) is 18.2 Å². The molecule has 1 aromatic rings. The maximum Gasteiger partial charge on any atom is 0.231 e. The molecule has 2 aliphatic rings. The number of benzene rings is 1. The fourth-order valence-corrected chi connectivity index (χ4v) is 2.76. The van der Waals surface area contributed by atoms with Gasteiger partial charge in [-0.05, 0) is 43.6 Å². The SMILES string of the molecule is COC1(Cc2ccc3c(c2)OCO3)CCNCC1. The van der Waals surface area contributed by atoms with E-state index in [1.54, 1.807) is 0 Å². The van der Waals surface area contributed by atoms with Crippen LogP contribution in [0.3, 0.4) is 0 Å². The molecule has 98 valence electrons. The standard InChI is InChI=1S/C14H19NO3/c1-16-14(4-6-15-7-5-14)9-11-2-3-12-13(8-11)18-10-17-12/h2-3,8,15H,4-7,9-10H2,1H3. The molecular formula is C14H19NO3. The van der Waals surface area contributed by atoms with Crippen molar-refractivity contribution in [3.63, 3.8) is 0 Å². The molecule has 0 aliphatic carbocycles. The monoisotopic (exact) mass is 249 g/mol. The molecular weight excluding hydrogens is 230 g/mol. The summed E-state index contributed by atoms with van der Waals surface area (Å²) in [6, 6.07) is 6.17. The summed E-state index contributed by atoms with van der Waals surface area (Å²) in [6.45, 7) is 2.38. The van der Waals surface area contributed by atoms with E-state index >= 15 is 0 Å². The highest BCUT2D eigenvalue weighted by molar-refractivity contribution is 5.44. The zero-order valence-corrected chi connectivity index (χ0v) is 10.7. The number of nitrogens with one attached hydrogen (secondary N) is 1. The lowest BCUT2D eigenvalue weighted by atomic mass is 9.85. The van der Waals surface area contributed by atoms with Crippen LogP contribution in [-0.4, -0.2) is 32.6 Å². The molecule has 3 rings (SSSR count). The van der Waals surface area contributed by atoms with Crippen molar-refractivity contribution < 1.29 is 14.2 Å². The Morgan fingerprint density at radius 2 is 2.00 bits per heavy atom. The van der Waals surface area contributed by atoms with Crippen molar-refractivity contribution in [2.24, 2.45) is 0 Å². The van der Waals surface area contributed by atoms with E-state index in [0.717, 1.165) is 43.9 Å². The van der Waals surface area contributed by atoms with E-state index in [1.807, 2.05) is 13.2 Å². The van der Waals surface area contributed by atoms with Crippen LogP contribution in [0, 0.1) is 0 Å². The molecule has 1 aromatic carbocycles. The highest BCUT2D eigenvalue weighted by Crippen LogP contribution is 2.35. The Bertz CT molecular complexity index is 427. The molecule has 4 nitrogen and oxygen atoms in total. The second-order valence-electron chi connectivity index (χ2n) is 5.00. The molecule has 1 fully saturated rings. The smallest absolute Gasteiger partial charge is 0.231 e. The predicted molar refractivity (Wildman–Crippen MR) is 68.1 cm³/mol. The van der Waals surface area contributed by atoms with E-state index in [1.165, 1.54) is 5.56 Å². The van der Waals surface area contributed by atoms with E-state index in [-0.39, 0.29) is 5.60 Å². The molecule has 2 aliphatic heterocycles. The van der Waals surface area contributed by atoms with Gasteiger partial charge in [0.15, 0.2) is 11.5 Å². The van der Waals surface area contributed by atoms with E-state index < -0.39 is 0 Å². The summed E-state index contributed by atoms with van der Waals surface area (Å²) >= 11 is 0. The molecule has 0 amide bonds. The van der Waals surface area contributed by atoms with Crippen LogP contribution in [0.1, 0.15) is 18.4 Å². The minimum Gasteiger partial charge on any atom is -0.454 e. The molecule has 0 bridgehead atoms. The number of hydrogen-bond acceptors (Lipinski definition) is 4. The van der Waals surface area contributed by atoms with E-state index in [0.29, 0.717) is 6.79 Å². The molecule has 0 aromatic heterocycles. The minimum absolute atomic E-state index is 0.0288. The van der Waals surface area contributed by atoms with Gasteiger partial charge < -0.3 is 19.5 Å². The lowest BCUT2D eigenvalue weighted by Gasteiger charge is -2.36. The summed E-state index contributed by atoms with van der Waals surface area (Å²) in [6.07, 6.45) is 3.04. The molecule has 0 unspecified atom stereocenters. The highest BCUT2D eigenvalue weighted by atomic mass is 16.7. The number of rotatable bonds is 3. The van der Waals surface area contributed by atoms with Gasteiger partial charge in [0.05, 0.1) is 5.60 Å². The Morgan fingerprint density at radius 3 is 2.78 bits per heavy atom. The third kappa shape index (κ3) is 2.18. The number of ether oxygens (including phenoxy) is 3. The Labute approximate surface area is 107 Å². The van der Waals surface area contributed by atoms with E-state index in [4.69, 9.17) is 14.2 Å². The van der Waals surface area contributed by atoms with Crippen molar-refractivity contribution in [1.82, 2.24) is 5.32 Å². The van der Waals surface area contributed by atoms with Crippen LogP contribution in [-0.2, 0) is 11.2 Å². The quantitative estimate of drug-likeness (QED) is 0.885. The summed E-state index contributed by atoms with van der Waals surface area (Å²) in [5.41, 5.74) is 1.22. The van der Waals surface area contributed by atoms with Gasteiger partial charge in [-0.3, -0.25) is 0 Å². The van der Waals surface area contributed by atoms with Gasteiger partial charge in [-0.2, -0.15) is 0 Å². The molecule has 1 saturated heterocycles. The van der Waals surface area contributed by atoms with Crippen molar-refractivity contribution in [1.29, 1.82) is 0 Å². The van der Waals surface area contributed by atoms with E-state index in [9.17, 15) is 0 Å². The number of methoxy groups -OCH3 is 1. The fourth-order valence-electron chi connectivity index (χ4n) is 2.76. The van der Waals surface area contributed by atoms with Crippen LogP contribution in [0.2, 0.25) is 0 Å².